The summed E-state index contributed by atoms with van der Waals surface area (Å²) in [4.78, 5) is 37.7. The molecule has 0 N–H and O–H groups in total. The number of quaternary nitrogens is 1. The summed E-state index contributed by atoms with van der Waals surface area (Å²) in [5.74, 6) is 23.7. The Balaban J connectivity index is 4.35. The zero-order valence-corrected chi connectivity index (χ0v) is 42.5. The topological polar surface area (TPSA) is 111 Å². The maximum atomic E-state index is 12.7. The molecule has 0 amide bonds. The minimum Gasteiger partial charge on any atom is -0.756 e. The summed E-state index contributed by atoms with van der Waals surface area (Å²) in [6.07, 6.45) is 35.4. The number of hydrogen-bond acceptors (Lipinski definition) is 8. The number of carbonyl (C=O) groups is 2. The molecular weight excluding hydrogens is 822 g/mol. The summed E-state index contributed by atoms with van der Waals surface area (Å²) in [5.41, 5.74) is 0. The van der Waals surface area contributed by atoms with Gasteiger partial charge in [0.2, 0.25) is 0 Å². The lowest BCUT2D eigenvalue weighted by molar-refractivity contribution is -0.870. The van der Waals surface area contributed by atoms with Crippen molar-refractivity contribution in [1.29, 1.82) is 0 Å². The quantitative estimate of drug-likeness (QED) is 0.0196. The fourth-order valence-corrected chi connectivity index (χ4v) is 7.49. The highest BCUT2D eigenvalue weighted by Crippen LogP contribution is 2.38. The van der Waals surface area contributed by atoms with E-state index in [2.05, 4.69) is 61.2 Å². The summed E-state index contributed by atoms with van der Waals surface area (Å²) in [6.45, 7) is 4.13. The highest BCUT2D eigenvalue weighted by atomic mass is 31.2. The van der Waals surface area contributed by atoms with Crippen molar-refractivity contribution in [3.05, 3.63) is 0 Å². The summed E-state index contributed by atoms with van der Waals surface area (Å²) in [5, 5.41) is 0. The number of rotatable bonds is 42. The third-order valence-corrected chi connectivity index (χ3v) is 11.8. The molecule has 0 fully saturated rings. The Morgan fingerprint density at radius 1 is 0.484 bits per heavy atom. The van der Waals surface area contributed by atoms with Crippen molar-refractivity contribution in [3.8, 4) is 47.4 Å². The molecule has 2 unspecified atom stereocenters. The van der Waals surface area contributed by atoms with Gasteiger partial charge < -0.3 is 27.9 Å². The molecule has 2 atom stereocenters. The van der Waals surface area contributed by atoms with Gasteiger partial charge in [0.05, 0.1) is 27.7 Å². The number of esters is 2. The number of unbranched alkanes of at least 4 members (excludes halogenated alkanes) is 28. The third kappa shape index (κ3) is 48.7. The Morgan fingerprint density at radius 3 is 1.20 bits per heavy atom. The molecule has 0 aliphatic carbocycles. The van der Waals surface area contributed by atoms with E-state index in [1.165, 1.54) is 96.3 Å². The number of nitrogens with zero attached hydrogens (tertiary/aromatic N) is 1. The zero-order chi connectivity index (χ0) is 47.1. The number of phosphoric ester groups is 1. The van der Waals surface area contributed by atoms with Gasteiger partial charge in [0.1, 0.15) is 19.8 Å². The SMILES string of the molecule is CCCCCCCCCCC#CC#CCCCCCCCCC(=O)OCC(COP(=O)([O-])OCC[N+](C)(C)C)OC(=O)CCCCCCCCC#CC#CCCCCCCCCCC. The Kier molecular flexibility index (Phi) is 43.5. The van der Waals surface area contributed by atoms with Crippen molar-refractivity contribution in [2.75, 3.05) is 47.5 Å². The van der Waals surface area contributed by atoms with E-state index in [4.69, 9.17) is 18.5 Å². The first kappa shape index (κ1) is 61.2. The van der Waals surface area contributed by atoms with Gasteiger partial charge in [-0.3, -0.25) is 14.2 Å². The second-order valence-electron chi connectivity index (χ2n) is 18.3. The van der Waals surface area contributed by atoms with E-state index in [1.807, 2.05) is 21.1 Å². The van der Waals surface area contributed by atoms with Crippen LogP contribution in [0.1, 0.15) is 232 Å². The minimum atomic E-state index is -4.65. The van der Waals surface area contributed by atoms with Crippen molar-refractivity contribution in [2.24, 2.45) is 0 Å². The van der Waals surface area contributed by atoms with E-state index in [1.54, 1.807) is 0 Å². The monoisotopic (exact) mass is 914 g/mol. The van der Waals surface area contributed by atoms with Crippen molar-refractivity contribution >= 4 is 19.8 Å². The lowest BCUT2D eigenvalue weighted by Gasteiger charge is -2.28. The summed E-state index contributed by atoms with van der Waals surface area (Å²) < 4.78 is 34.0. The maximum Gasteiger partial charge on any atom is 0.306 e. The molecule has 0 bridgehead atoms. The highest BCUT2D eigenvalue weighted by Gasteiger charge is 2.21. The van der Waals surface area contributed by atoms with Crippen LogP contribution in [-0.2, 0) is 32.7 Å². The Labute approximate surface area is 393 Å². The Morgan fingerprint density at radius 2 is 0.828 bits per heavy atom. The summed E-state index contributed by atoms with van der Waals surface area (Å²) >= 11 is 0. The van der Waals surface area contributed by atoms with Crippen LogP contribution >= 0.6 is 7.82 Å². The predicted octanol–water partition coefficient (Wildman–Crippen LogP) is 13.0. The number of carbonyl (C=O) groups excluding carboxylic acids is 2. The first-order valence-electron chi connectivity index (χ1n) is 25.7. The number of ether oxygens (including phenoxy) is 2. The predicted molar refractivity (Wildman–Crippen MR) is 263 cm³/mol. The van der Waals surface area contributed by atoms with E-state index in [-0.39, 0.29) is 26.1 Å². The number of hydrogen-bond donors (Lipinski definition) is 0. The molecule has 0 aliphatic heterocycles. The molecule has 0 aromatic carbocycles. The third-order valence-electron chi connectivity index (χ3n) is 10.8. The average molecular weight is 914 g/mol. The molecular formula is C54H92NO8P. The van der Waals surface area contributed by atoms with Crippen LogP contribution in [0.3, 0.4) is 0 Å². The van der Waals surface area contributed by atoms with Crippen molar-refractivity contribution in [2.45, 2.75) is 238 Å². The van der Waals surface area contributed by atoms with Gasteiger partial charge in [0, 0.05) is 38.5 Å². The van der Waals surface area contributed by atoms with Crippen LogP contribution in [0.2, 0.25) is 0 Å². The fraction of sp³-hybridized carbons (Fsp3) is 0.815. The van der Waals surface area contributed by atoms with E-state index in [0.717, 1.165) is 96.3 Å². The first-order valence-corrected chi connectivity index (χ1v) is 27.1. The minimum absolute atomic E-state index is 0.0476. The van der Waals surface area contributed by atoms with E-state index in [0.29, 0.717) is 23.9 Å². The largest absolute Gasteiger partial charge is 0.756 e. The number of likely N-dealkylation sites (N-methyl/N-ethyl adjacent to an activating group) is 1. The molecule has 0 aliphatic rings. The second-order valence-corrected chi connectivity index (χ2v) is 19.7. The molecule has 0 aromatic rings. The van der Waals surface area contributed by atoms with Gasteiger partial charge in [-0.1, -0.05) is 179 Å². The van der Waals surface area contributed by atoms with Gasteiger partial charge in [-0.15, -0.1) is 0 Å². The zero-order valence-electron chi connectivity index (χ0n) is 41.6. The van der Waals surface area contributed by atoms with Crippen LogP contribution in [0.5, 0.6) is 0 Å². The van der Waals surface area contributed by atoms with E-state index < -0.39 is 32.5 Å². The van der Waals surface area contributed by atoms with Gasteiger partial charge >= 0.3 is 11.9 Å². The van der Waals surface area contributed by atoms with Crippen LogP contribution in [0.4, 0.5) is 0 Å². The molecule has 0 radical (unpaired) electrons. The maximum absolute atomic E-state index is 12.7. The molecule has 0 rings (SSSR count). The lowest BCUT2D eigenvalue weighted by atomic mass is 10.1. The summed E-state index contributed by atoms with van der Waals surface area (Å²) in [7, 11) is 1.11. The van der Waals surface area contributed by atoms with Gasteiger partial charge in [-0.25, -0.2) is 0 Å². The molecule has 366 valence electrons. The van der Waals surface area contributed by atoms with Crippen LogP contribution < -0.4 is 4.89 Å². The van der Waals surface area contributed by atoms with E-state index in [9.17, 15) is 19.0 Å². The Hall–Kier alpha value is -2.75. The van der Waals surface area contributed by atoms with Crippen LogP contribution in [-0.4, -0.2) is 70.0 Å². The van der Waals surface area contributed by atoms with Crippen molar-refractivity contribution in [3.63, 3.8) is 0 Å². The van der Waals surface area contributed by atoms with Gasteiger partial charge in [-0.2, -0.15) is 0 Å². The Bertz CT molecular complexity index is 1440. The van der Waals surface area contributed by atoms with Gasteiger partial charge in [0.15, 0.2) is 6.10 Å². The molecule has 9 nitrogen and oxygen atoms in total. The molecule has 64 heavy (non-hydrogen) atoms. The average Bonchev–Trinajstić information content (AvgIpc) is 3.25. The van der Waals surface area contributed by atoms with Crippen LogP contribution in [0.15, 0.2) is 0 Å². The van der Waals surface area contributed by atoms with Crippen LogP contribution in [0, 0.1) is 47.4 Å². The van der Waals surface area contributed by atoms with Gasteiger partial charge in [0.25, 0.3) is 7.82 Å². The van der Waals surface area contributed by atoms with Crippen molar-refractivity contribution in [1.82, 2.24) is 0 Å². The fourth-order valence-electron chi connectivity index (χ4n) is 6.76. The normalized spacial score (nSPS) is 12.3. The van der Waals surface area contributed by atoms with Crippen LogP contribution in [0.25, 0.3) is 0 Å². The smallest absolute Gasteiger partial charge is 0.306 e. The molecule has 0 heterocycles. The summed E-state index contributed by atoms with van der Waals surface area (Å²) in [6, 6.07) is 0. The van der Waals surface area contributed by atoms with E-state index >= 15 is 0 Å². The molecule has 0 saturated carbocycles. The molecule has 0 aromatic heterocycles. The second kappa shape index (κ2) is 45.4. The van der Waals surface area contributed by atoms with Crippen molar-refractivity contribution < 1.29 is 42.1 Å². The molecule has 0 spiro atoms. The lowest BCUT2D eigenvalue weighted by Crippen LogP contribution is -2.37. The first-order chi connectivity index (χ1) is 31.0. The highest BCUT2D eigenvalue weighted by molar-refractivity contribution is 7.45. The molecule has 0 saturated heterocycles. The number of phosphoric acid groups is 1. The standard InChI is InChI=1S/C54H92NO8P/c1-6-8-10-12-14-16-18-20-22-24-26-28-30-32-34-36-38-40-42-44-46-53(56)60-50-52(51-62-64(58,59)61-49-48-55(3,4)5)63-54(57)47-45-43-41-39-37-35-33-31-29-27-25-23-21-19-17-15-13-11-9-7-2/h52H,6-23,32-51H2,1-5H3. The molecule has 10 heteroatoms. The van der Waals surface area contributed by atoms with Gasteiger partial charge in [-0.05, 0) is 62.2 Å².